The van der Waals surface area contributed by atoms with Gasteiger partial charge in [0, 0.05) is 31.5 Å². The van der Waals surface area contributed by atoms with Gasteiger partial charge in [-0.05, 0) is 55.7 Å². The highest BCUT2D eigenvalue weighted by Crippen LogP contribution is 2.42. The highest BCUT2D eigenvalue weighted by atomic mass is 32.2. The number of nitrogens with one attached hydrogen (secondary N) is 2. The molecule has 4 rings (SSSR count). The maximum atomic E-state index is 13.9. The summed E-state index contributed by atoms with van der Waals surface area (Å²) in [4.78, 5) is 52.2. The Balaban J connectivity index is 0.00000345. The van der Waals surface area contributed by atoms with E-state index in [1.807, 2.05) is 56.3 Å². The molecule has 2 aliphatic rings. The van der Waals surface area contributed by atoms with Crippen LogP contribution in [0, 0.1) is 0 Å². The van der Waals surface area contributed by atoms with Gasteiger partial charge in [0.15, 0.2) is 5.17 Å². The second-order valence-corrected chi connectivity index (χ2v) is 12.2. The van der Waals surface area contributed by atoms with Crippen LogP contribution >= 0.6 is 11.8 Å². The SMILES string of the molecule is C=C.C=C/C=N\C(=C/C)N1C(=O)C(c2ccc(NC(=O)[C@H](C)NC(=O)OCc3ccccc3)cc2)SC1=NC(/C=C\CN1CCOCC1)=C/CC. The number of allylic oxidation sites excluding steroid dienone is 4. The van der Waals surface area contributed by atoms with Crippen LogP contribution in [-0.4, -0.2) is 78.0 Å². The monoisotopic (exact) mass is 712 g/mol. The molecule has 2 fully saturated rings. The maximum absolute atomic E-state index is 13.9. The number of nitrogens with zero attached hydrogens (tertiary/aromatic N) is 4. The summed E-state index contributed by atoms with van der Waals surface area (Å²) in [6, 6.07) is 15.5. The van der Waals surface area contributed by atoms with Gasteiger partial charge in [0.05, 0.1) is 18.9 Å². The van der Waals surface area contributed by atoms with Crippen LogP contribution in [0.15, 0.2) is 126 Å². The second kappa shape index (κ2) is 21.9. The van der Waals surface area contributed by atoms with Crippen molar-refractivity contribution >= 4 is 46.7 Å². The molecule has 0 saturated carbocycles. The summed E-state index contributed by atoms with van der Waals surface area (Å²) in [6.07, 6.45) is 11.0. The lowest BCUT2D eigenvalue weighted by Crippen LogP contribution is -2.41. The normalized spacial score (nSPS) is 18.4. The average molecular weight is 713 g/mol. The Morgan fingerprint density at radius 2 is 1.82 bits per heavy atom. The predicted molar refractivity (Wildman–Crippen MR) is 207 cm³/mol. The van der Waals surface area contributed by atoms with Crippen molar-refractivity contribution in [1.82, 2.24) is 15.1 Å². The molecule has 0 bridgehead atoms. The number of hydrogen-bond donors (Lipinski definition) is 2. The lowest BCUT2D eigenvalue weighted by atomic mass is 10.1. The summed E-state index contributed by atoms with van der Waals surface area (Å²) < 4.78 is 10.7. The number of anilines is 1. The molecule has 0 aliphatic carbocycles. The third kappa shape index (κ3) is 12.7. The molecule has 3 amide bonds. The van der Waals surface area contributed by atoms with Crippen molar-refractivity contribution in [2.24, 2.45) is 9.98 Å². The van der Waals surface area contributed by atoms with Crippen molar-refractivity contribution < 1.29 is 23.9 Å². The van der Waals surface area contributed by atoms with E-state index < -0.39 is 23.3 Å². The Labute approximate surface area is 305 Å². The minimum absolute atomic E-state index is 0.0994. The number of amides is 3. The molecule has 2 aliphatic heterocycles. The van der Waals surface area contributed by atoms with Gasteiger partial charge >= 0.3 is 6.09 Å². The van der Waals surface area contributed by atoms with Crippen LogP contribution in [0.2, 0.25) is 0 Å². The lowest BCUT2D eigenvalue weighted by molar-refractivity contribution is -0.125. The first-order valence-corrected chi connectivity index (χ1v) is 17.7. The molecule has 2 aromatic carbocycles. The number of carbonyl (C=O) groups excluding carboxylic acids is 3. The van der Waals surface area contributed by atoms with Gasteiger partial charge in [0.2, 0.25) is 5.91 Å². The molecule has 2 N–H and O–H groups in total. The van der Waals surface area contributed by atoms with Gasteiger partial charge in [-0.15, -0.1) is 13.2 Å². The molecule has 2 aromatic rings. The number of carbonyl (C=O) groups is 3. The molecule has 2 heterocycles. The van der Waals surface area contributed by atoms with Crippen LogP contribution in [0.25, 0.3) is 0 Å². The van der Waals surface area contributed by atoms with Crippen LogP contribution < -0.4 is 10.6 Å². The minimum Gasteiger partial charge on any atom is -0.445 e. The summed E-state index contributed by atoms with van der Waals surface area (Å²) in [7, 11) is 0. The van der Waals surface area contributed by atoms with Crippen molar-refractivity contribution in [1.29, 1.82) is 0 Å². The topological polar surface area (TPSA) is 125 Å². The highest BCUT2D eigenvalue weighted by Gasteiger charge is 2.41. The number of aliphatic imine (C=N–C) groups is 2. The molecular weight excluding hydrogens is 665 g/mol. The first-order valence-electron chi connectivity index (χ1n) is 16.8. The van der Waals surface area contributed by atoms with E-state index in [4.69, 9.17) is 14.5 Å². The molecule has 0 aromatic heterocycles. The van der Waals surface area contributed by atoms with Crippen molar-refractivity contribution in [3.63, 3.8) is 0 Å². The van der Waals surface area contributed by atoms with Gasteiger partial charge in [-0.2, -0.15) is 0 Å². The van der Waals surface area contributed by atoms with Crippen molar-refractivity contribution in [3.05, 3.63) is 127 Å². The molecule has 0 radical (unpaired) electrons. The average Bonchev–Trinajstić information content (AvgIpc) is 3.47. The van der Waals surface area contributed by atoms with E-state index in [-0.39, 0.29) is 12.5 Å². The van der Waals surface area contributed by atoms with E-state index in [0.717, 1.165) is 56.1 Å². The summed E-state index contributed by atoms with van der Waals surface area (Å²) in [6.45, 7) is 19.3. The Morgan fingerprint density at radius 3 is 2.47 bits per heavy atom. The number of morpholine rings is 1. The first kappa shape index (κ1) is 40.4. The Kier molecular flexibility index (Phi) is 17.4. The van der Waals surface area contributed by atoms with Crippen LogP contribution in [-0.2, 0) is 25.7 Å². The molecule has 270 valence electrons. The zero-order valence-electron chi connectivity index (χ0n) is 29.6. The lowest BCUT2D eigenvalue weighted by Gasteiger charge is -2.25. The number of benzene rings is 2. The van der Waals surface area contributed by atoms with Gasteiger partial charge in [0.1, 0.15) is 23.7 Å². The van der Waals surface area contributed by atoms with E-state index >= 15 is 0 Å². The zero-order chi connectivity index (χ0) is 37.0. The first-order chi connectivity index (χ1) is 24.8. The fourth-order valence-electron chi connectivity index (χ4n) is 4.88. The molecule has 12 heteroatoms. The van der Waals surface area contributed by atoms with Gasteiger partial charge in [-0.3, -0.25) is 14.5 Å². The smallest absolute Gasteiger partial charge is 0.408 e. The Bertz CT molecular complexity index is 1610. The summed E-state index contributed by atoms with van der Waals surface area (Å²) >= 11 is 1.34. The third-order valence-corrected chi connectivity index (χ3v) is 8.67. The van der Waals surface area contributed by atoms with Gasteiger partial charge < -0.3 is 20.1 Å². The second-order valence-electron chi connectivity index (χ2n) is 11.1. The van der Waals surface area contributed by atoms with Gasteiger partial charge in [-0.1, -0.05) is 86.0 Å². The maximum Gasteiger partial charge on any atom is 0.408 e. The number of alkyl carbamates (subject to hydrolysis) is 1. The van der Waals surface area contributed by atoms with E-state index in [1.54, 1.807) is 49.6 Å². The fraction of sp³-hybridized carbons (Fsp3) is 0.308. The molecule has 2 atom stereocenters. The van der Waals surface area contributed by atoms with Crippen LogP contribution in [0.1, 0.15) is 43.6 Å². The van der Waals surface area contributed by atoms with Gasteiger partial charge in [-0.25, -0.2) is 19.7 Å². The molecule has 51 heavy (non-hydrogen) atoms. The number of ether oxygens (including phenoxy) is 2. The summed E-state index contributed by atoms with van der Waals surface area (Å²) in [5, 5.41) is 5.27. The van der Waals surface area contributed by atoms with Crippen molar-refractivity contribution in [3.8, 4) is 0 Å². The minimum atomic E-state index is -0.842. The quantitative estimate of drug-likeness (QED) is 0.123. The Morgan fingerprint density at radius 1 is 1.12 bits per heavy atom. The summed E-state index contributed by atoms with van der Waals surface area (Å²) in [5.41, 5.74) is 2.86. The van der Waals surface area contributed by atoms with Crippen LogP contribution in [0.3, 0.4) is 0 Å². The van der Waals surface area contributed by atoms with Crippen molar-refractivity contribution in [2.75, 3.05) is 38.2 Å². The molecule has 0 spiro atoms. The third-order valence-electron chi connectivity index (χ3n) is 7.47. The van der Waals surface area contributed by atoms with Crippen LogP contribution in [0.5, 0.6) is 0 Å². The van der Waals surface area contributed by atoms with E-state index in [9.17, 15) is 14.4 Å². The van der Waals surface area contributed by atoms with E-state index in [2.05, 4.69) is 46.3 Å². The molecule has 2 saturated heterocycles. The Hall–Kier alpha value is -5.04. The summed E-state index contributed by atoms with van der Waals surface area (Å²) in [5.74, 6) is -0.152. The molecule has 1 unspecified atom stereocenters. The fourth-order valence-corrected chi connectivity index (χ4v) is 6.04. The van der Waals surface area contributed by atoms with Gasteiger partial charge in [0.25, 0.3) is 5.91 Å². The number of hydrogen-bond acceptors (Lipinski definition) is 9. The van der Waals surface area contributed by atoms with E-state index in [0.29, 0.717) is 16.7 Å². The number of thioether (sulfide) groups is 1. The zero-order valence-corrected chi connectivity index (χ0v) is 30.4. The highest BCUT2D eigenvalue weighted by molar-refractivity contribution is 8.15. The predicted octanol–water partition coefficient (Wildman–Crippen LogP) is 7.02. The van der Waals surface area contributed by atoms with Crippen molar-refractivity contribution in [2.45, 2.75) is 45.1 Å². The molecular formula is C39H48N6O5S. The standard InChI is InChI=1S/C37H44N6O5S.C2H4/c1-5-12-30(15-11-21-42-22-24-47-25-23-42)41-36-43(32(7-3)38-20-6-2)35(45)33(49-36)29-16-18-31(19-17-29)40-34(44)27(4)39-37(46)48-26-28-13-9-8-10-14-28;1-2/h6-20,27,33H,2,5,21-26H2,1,3-4H3,(H,39,46)(H,40,44);1-2H2/b15-11-,30-12+,32-7+,38-20-,41-36?;/t27-,33?;/m0./s1. The van der Waals surface area contributed by atoms with E-state index in [1.165, 1.54) is 16.7 Å². The largest absolute Gasteiger partial charge is 0.445 e. The van der Waals surface area contributed by atoms with Crippen LogP contribution in [0.4, 0.5) is 10.5 Å². The number of amidine groups is 1. The number of rotatable bonds is 14. The molecule has 11 nitrogen and oxygen atoms in total.